The van der Waals surface area contributed by atoms with E-state index in [1.807, 2.05) is 0 Å². The highest BCUT2D eigenvalue weighted by Gasteiger charge is 2.54. The summed E-state index contributed by atoms with van der Waals surface area (Å²) in [5, 5.41) is 29.4. The normalized spacial score (nSPS) is 42.0. The minimum absolute atomic E-state index is 0.0825. The molecule has 2 saturated heterocycles. The fourth-order valence-corrected chi connectivity index (χ4v) is 3.20. The van der Waals surface area contributed by atoms with Crippen LogP contribution in [-0.4, -0.2) is 67.1 Å². The van der Waals surface area contributed by atoms with E-state index in [0.717, 1.165) is 0 Å². The van der Waals surface area contributed by atoms with E-state index in [4.69, 9.17) is 13.9 Å². The highest BCUT2D eigenvalue weighted by Crippen LogP contribution is 2.38. The van der Waals surface area contributed by atoms with Crippen LogP contribution in [0.15, 0.2) is 0 Å². The van der Waals surface area contributed by atoms with Gasteiger partial charge in [0.1, 0.15) is 30.5 Å². The van der Waals surface area contributed by atoms with Crippen molar-refractivity contribution >= 4 is 8.32 Å². The Morgan fingerprint density at radius 1 is 1.00 bits per heavy atom. The summed E-state index contributed by atoms with van der Waals surface area (Å²) in [4.78, 5) is 0. The molecule has 118 valence electrons. The summed E-state index contributed by atoms with van der Waals surface area (Å²) in [7, 11) is -1.91. The Morgan fingerprint density at radius 3 is 2.15 bits per heavy atom. The zero-order valence-corrected chi connectivity index (χ0v) is 13.7. The second kappa shape index (κ2) is 5.31. The SMILES string of the molecule is CC(C)(C)[Si](C)(C)OC[C@@H]1O[C@@H]2O[C@H]1[C@H](O)[C@@H](O)[C@H]2O. The highest BCUT2D eigenvalue weighted by molar-refractivity contribution is 6.74. The van der Waals surface area contributed by atoms with Crippen molar-refractivity contribution in [3.63, 3.8) is 0 Å². The van der Waals surface area contributed by atoms with Gasteiger partial charge < -0.3 is 29.2 Å². The van der Waals surface area contributed by atoms with E-state index >= 15 is 0 Å². The molecule has 0 aliphatic carbocycles. The molecule has 7 heteroatoms. The Hall–Kier alpha value is -0.0231. The molecule has 0 aromatic carbocycles. The van der Waals surface area contributed by atoms with Gasteiger partial charge in [-0.1, -0.05) is 20.8 Å². The van der Waals surface area contributed by atoms with Crippen molar-refractivity contribution in [2.75, 3.05) is 6.61 Å². The van der Waals surface area contributed by atoms with Crippen LogP contribution in [-0.2, 0) is 13.9 Å². The van der Waals surface area contributed by atoms with Crippen LogP contribution in [0.5, 0.6) is 0 Å². The summed E-state index contributed by atoms with van der Waals surface area (Å²) in [5.74, 6) is 0. The number of ether oxygens (including phenoxy) is 2. The summed E-state index contributed by atoms with van der Waals surface area (Å²) >= 11 is 0. The third-order valence-electron chi connectivity index (χ3n) is 4.70. The van der Waals surface area contributed by atoms with Crippen LogP contribution in [0, 0.1) is 0 Å². The van der Waals surface area contributed by atoms with Gasteiger partial charge >= 0.3 is 0 Å². The molecule has 20 heavy (non-hydrogen) atoms. The van der Waals surface area contributed by atoms with Gasteiger partial charge in [0, 0.05) is 0 Å². The van der Waals surface area contributed by atoms with E-state index in [9.17, 15) is 15.3 Å². The van der Waals surface area contributed by atoms with E-state index in [-0.39, 0.29) is 5.04 Å². The number of rotatable bonds is 3. The quantitative estimate of drug-likeness (QED) is 0.646. The molecular weight excluding hydrogens is 280 g/mol. The minimum Gasteiger partial charge on any atom is -0.414 e. The second-order valence-corrected chi connectivity index (χ2v) is 12.0. The second-order valence-electron chi connectivity index (χ2n) is 7.19. The summed E-state index contributed by atoms with van der Waals surface area (Å²) in [6.45, 7) is 11.0. The lowest BCUT2D eigenvalue weighted by molar-refractivity contribution is -0.228. The third kappa shape index (κ3) is 2.81. The summed E-state index contributed by atoms with van der Waals surface area (Å²) < 4.78 is 17.0. The maximum Gasteiger partial charge on any atom is 0.192 e. The molecule has 2 aliphatic heterocycles. The first-order valence-corrected chi connectivity index (χ1v) is 9.94. The van der Waals surface area contributed by atoms with Crippen LogP contribution >= 0.6 is 0 Å². The predicted octanol–water partition coefficient (Wildman–Crippen LogP) is 0.215. The molecule has 2 rings (SSSR count). The van der Waals surface area contributed by atoms with E-state index in [0.29, 0.717) is 6.61 Å². The van der Waals surface area contributed by atoms with Crippen molar-refractivity contribution in [3.05, 3.63) is 0 Å². The third-order valence-corrected chi connectivity index (χ3v) is 9.20. The monoisotopic (exact) mass is 306 g/mol. The zero-order chi connectivity index (χ0) is 15.3. The van der Waals surface area contributed by atoms with Gasteiger partial charge in [0.05, 0.1) is 6.61 Å². The van der Waals surface area contributed by atoms with Gasteiger partial charge in [0.2, 0.25) is 0 Å². The van der Waals surface area contributed by atoms with Crippen molar-refractivity contribution in [2.24, 2.45) is 0 Å². The summed E-state index contributed by atoms with van der Waals surface area (Å²) in [6.07, 6.45) is -5.61. The number of aliphatic hydroxyl groups is 3. The summed E-state index contributed by atoms with van der Waals surface area (Å²) in [5.41, 5.74) is 0. The first-order valence-electron chi connectivity index (χ1n) is 7.04. The van der Waals surface area contributed by atoms with Gasteiger partial charge in [0.15, 0.2) is 14.6 Å². The maximum atomic E-state index is 9.94. The standard InChI is InChI=1S/C13H26O6Si/c1-13(2,3)20(4,5)17-6-7-11-9(15)8(14)10(16)12(18-7)19-11/h7-12,14-16H,6H2,1-5H3/t7-,8+,9+,10+,11+,12+/m0/s1. The van der Waals surface area contributed by atoms with Crippen LogP contribution in [0.25, 0.3) is 0 Å². The maximum absolute atomic E-state index is 9.94. The fraction of sp³-hybridized carbons (Fsp3) is 1.00. The molecule has 0 unspecified atom stereocenters. The first kappa shape index (κ1) is 16.3. The lowest BCUT2D eigenvalue weighted by atomic mass is 9.98. The molecule has 3 N–H and O–H groups in total. The highest BCUT2D eigenvalue weighted by atomic mass is 28.4. The van der Waals surface area contributed by atoms with Crippen molar-refractivity contribution in [2.45, 2.75) is 75.7 Å². The summed E-state index contributed by atoms with van der Waals surface area (Å²) in [6, 6.07) is 0. The van der Waals surface area contributed by atoms with Gasteiger partial charge in [-0.15, -0.1) is 0 Å². The first-order chi connectivity index (χ1) is 9.04. The lowest BCUT2D eigenvalue weighted by Gasteiger charge is -2.37. The number of fused-ring (bicyclic) bond motifs is 2. The minimum atomic E-state index is -1.91. The Labute approximate surface area is 120 Å². The molecule has 0 amide bonds. The molecule has 2 fully saturated rings. The van der Waals surface area contributed by atoms with Crippen molar-refractivity contribution in [3.8, 4) is 0 Å². The van der Waals surface area contributed by atoms with Crippen LogP contribution in [0.2, 0.25) is 18.1 Å². The van der Waals surface area contributed by atoms with Gasteiger partial charge in [-0.05, 0) is 18.1 Å². The molecule has 6 atom stereocenters. The van der Waals surface area contributed by atoms with E-state index in [1.54, 1.807) is 0 Å². The topological polar surface area (TPSA) is 88.4 Å². The molecule has 2 aliphatic rings. The molecule has 6 nitrogen and oxygen atoms in total. The predicted molar refractivity (Wildman–Crippen MR) is 74.7 cm³/mol. The molecule has 2 heterocycles. The van der Waals surface area contributed by atoms with E-state index < -0.39 is 45.1 Å². The largest absolute Gasteiger partial charge is 0.414 e. The molecule has 0 radical (unpaired) electrons. The van der Waals surface area contributed by atoms with Gasteiger partial charge in [-0.25, -0.2) is 0 Å². The van der Waals surface area contributed by atoms with Crippen molar-refractivity contribution in [1.82, 2.24) is 0 Å². The van der Waals surface area contributed by atoms with Crippen LogP contribution in [0.3, 0.4) is 0 Å². The fourth-order valence-electron chi connectivity index (χ4n) is 2.18. The van der Waals surface area contributed by atoms with Crippen molar-refractivity contribution < 1.29 is 29.2 Å². The van der Waals surface area contributed by atoms with E-state index in [2.05, 4.69) is 33.9 Å². The number of hydrogen-bond donors (Lipinski definition) is 3. The Bertz CT molecular complexity index is 353. The van der Waals surface area contributed by atoms with Gasteiger partial charge in [-0.3, -0.25) is 0 Å². The average Bonchev–Trinajstić information content (AvgIpc) is 2.72. The molecule has 2 bridgehead atoms. The zero-order valence-electron chi connectivity index (χ0n) is 12.7. The lowest BCUT2D eigenvalue weighted by Crippen LogP contribution is -2.55. The number of aliphatic hydroxyl groups excluding tert-OH is 3. The molecule has 0 aromatic rings. The molecule has 0 spiro atoms. The van der Waals surface area contributed by atoms with E-state index in [1.165, 1.54) is 0 Å². The Kier molecular flexibility index (Phi) is 4.34. The van der Waals surface area contributed by atoms with Crippen molar-refractivity contribution in [1.29, 1.82) is 0 Å². The van der Waals surface area contributed by atoms with Gasteiger partial charge in [-0.2, -0.15) is 0 Å². The molecule has 0 aromatic heterocycles. The van der Waals surface area contributed by atoms with Crippen LogP contribution < -0.4 is 0 Å². The number of hydrogen-bond acceptors (Lipinski definition) is 6. The average molecular weight is 306 g/mol. The molecular formula is C13H26O6Si. The van der Waals surface area contributed by atoms with Crippen LogP contribution in [0.1, 0.15) is 20.8 Å². The van der Waals surface area contributed by atoms with Gasteiger partial charge in [0.25, 0.3) is 0 Å². The van der Waals surface area contributed by atoms with Crippen LogP contribution in [0.4, 0.5) is 0 Å². The molecule has 0 saturated carbocycles. The Balaban J connectivity index is 1.99. The smallest absolute Gasteiger partial charge is 0.192 e. The Morgan fingerprint density at radius 2 is 1.60 bits per heavy atom.